The number of piperidine rings is 2. The molecule has 5 heterocycles. The highest BCUT2D eigenvalue weighted by Crippen LogP contribution is 2.39. The van der Waals surface area contributed by atoms with E-state index in [1.54, 1.807) is 31.4 Å². The number of benzene rings is 3. The van der Waals surface area contributed by atoms with Crippen LogP contribution in [0.3, 0.4) is 0 Å². The van der Waals surface area contributed by atoms with Crippen LogP contribution in [0.4, 0.5) is 34.5 Å². The van der Waals surface area contributed by atoms with Crippen LogP contribution >= 0.6 is 18.7 Å². The number of ether oxygens (including phenoxy) is 3. The number of halogens is 1. The van der Waals surface area contributed by atoms with Gasteiger partial charge < -0.3 is 49.4 Å². The zero-order valence-electron chi connectivity index (χ0n) is 38.6. The molecule has 19 heteroatoms. The van der Waals surface area contributed by atoms with E-state index < -0.39 is 19.1 Å². The van der Waals surface area contributed by atoms with Crippen LogP contribution in [0.1, 0.15) is 48.0 Å². The summed E-state index contributed by atoms with van der Waals surface area (Å²) in [5.74, 6) is 0.556. The number of methoxy groups -OCH3 is 1. The Morgan fingerprint density at radius 2 is 1.61 bits per heavy atom. The number of nitrogens with zero attached hydrogens (tertiary/aromatic N) is 6. The van der Waals surface area contributed by atoms with Crippen molar-refractivity contribution < 1.29 is 33.2 Å². The first-order valence-corrected chi connectivity index (χ1v) is 26.2. The van der Waals surface area contributed by atoms with Gasteiger partial charge in [0.2, 0.25) is 17.8 Å². The number of carbonyl (C=O) groups is 3. The molecular formula is C48H62ClN10O7P. The fourth-order valence-corrected chi connectivity index (χ4v) is 10.6. The molecule has 17 nitrogen and oxygen atoms in total. The average molecular weight is 958 g/mol. The number of fused-ring (bicyclic) bond motifs is 1. The lowest BCUT2D eigenvalue weighted by atomic mass is 10.0. The number of hydrogen-bond acceptors (Lipinski definition) is 15. The maximum absolute atomic E-state index is 13.1. The van der Waals surface area contributed by atoms with E-state index in [2.05, 4.69) is 58.1 Å². The molecule has 0 spiro atoms. The number of amides is 3. The van der Waals surface area contributed by atoms with Crippen LogP contribution in [-0.4, -0.2) is 154 Å². The van der Waals surface area contributed by atoms with Gasteiger partial charge in [0.15, 0.2) is 5.82 Å². The molecule has 1 aromatic heterocycles. The zero-order chi connectivity index (χ0) is 46.9. The van der Waals surface area contributed by atoms with Crippen LogP contribution in [-0.2, 0) is 30.2 Å². The third-order valence-corrected chi connectivity index (χ3v) is 14.8. The molecule has 0 aliphatic carbocycles. The van der Waals surface area contributed by atoms with Crippen LogP contribution in [0.5, 0.6) is 5.75 Å². The molecule has 4 aliphatic heterocycles. The number of para-hydroxylation sites is 1. The van der Waals surface area contributed by atoms with Crippen LogP contribution in [0.2, 0.25) is 5.02 Å². The highest BCUT2D eigenvalue weighted by molar-refractivity contribution is 7.70. The first kappa shape index (κ1) is 48.2. The van der Waals surface area contributed by atoms with Crippen LogP contribution in [0, 0.1) is 0 Å². The van der Waals surface area contributed by atoms with Gasteiger partial charge in [0, 0.05) is 112 Å². The van der Waals surface area contributed by atoms with E-state index in [0.29, 0.717) is 85.8 Å². The summed E-state index contributed by atoms with van der Waals surface area (Å²) < 4.78 is 30.4. The quantitative estimate of drug-likeness (QED) is 0.0477. The Morgan fingerprint density at radius 3 is 2.37 bits per heavy atom. The molecule has 3 amide bonds. The highest BCUT2D eigenvalue weighted by atomic mass is 35.5. The van der Waals surface area contributed by atoms with Crippen molar-refractivity contribution in [2.75, 3.05) is 120 Å². The third kappa shape index (κ3) is 12.1. The summed E-state index contributed by atoms with van der Waals surface area (Å²) in [6.07, 6.45) is 5.31. The number of imide groups is 1. The molecule has 4 aromatic rings. The number of anilines is 6. The van der Waals surface area contributed by atoms with Gasteiger partial charge in [-0.1, -0.05) is 29.8 Å². The number of carbonyl (C=O) groups excluding carboxylic acids is 3. The minimum atomic E-state index is -2.55. The summed E-state index contributed by atoms with van der Waals surface area (Å²) in [6.45, 7) is 13.9. The first-order valence-electron chi connectivity index (χ1n) is 23.2. The third-order valence-electron chi connectivity index (χ3n) is 12.9. The van der Waals surface area contributed by atoms with Crippen LogP contribution < -0.4 is 36.2 Å². The summed E-state index contributed by atoms with van der Waals surface area (Å²) >= 11 is 6.49. The molecule has 0 radical (unpaired) electrons. The predicted molar refractivity (Wildman–Crippen MR) is 263 cm³/mol. The molecule has 1 atom stereocenters. The van der Waals surface area contributed by atoms with Crippen LogP contribution in [0.25, 0.3) is 0 Å². The Kier molecular flexibility index (Phi) is 16.0. The summed E-state index contributed by atoms with van der Waals surface area (Å²) in [4.78, 5) is 55.3. The maximum Gasteiger partial charge on any atom is 0.255 e. The molecule has 4 aliphatic rings. The van der Waals surface area contributed by atoms with E-state index >= 15 is 0 Å². The molecule has 3 fully saturated rings. The van der Waals surface area contributed by atoms with Crippen molar-refractivity contribution in [3.8, 4) is 5.75 Å². The number of piperazine rings is 1. The molecule has 0 saturated carbocycles. The van der Waals surface area contributed by atoms with Gasteiger partial charge in [-0.05, 0) is 75.4 Å². The van der Waals surface area contributed by atoms with Crippen molar-refractivity contribution in [3.05, 3.63) is 83.0 Å². The second-order valence-electron chi connectivity index (χ2n) is 17.7. The van der Waals surface area contributed by atoms with E-state index in [9.17, 15) is 18.9 Å². The normalized spacial score (nSPS) is 18.5. The predicted octanol–water partition coefficient (Wildman–Crippen LogP) is 5.76. The Hall–Kier alpha value is -5.29. The highest BCUT2D eigenvalue weighted by Gasteiger charge is 2.40. The van der Waals surface area contributed by atoms with Crippen molar-refractivity contribution in [2.24, 2.45) is 0 Å². The van der Waals surface area contributed by atoms with Crippen molar-refractivity contribution in [3.63, 3.8) is 0 Å². The van der Waals surface area contributed by atoms with E-state index in [1.165, 1.54) is 6.20 Å². The smallest absolute Gasteiger partial charge is 0.255 e. The Balaban J connectivity index is 0.691. The lowest BCUT2D eigenvalue weighted by Gasteiger charge is -2.43. The van der Waals surface area contributed by atoms with Crippen molar-refractivity contribution in [1.29, 1.82) is 0 Å². The summed E-state index contributed by atoms with van der Waals surface area (Å²) in [5.41, 5.74) is 4.84. The molecule has 358 valence electrons. The van der Waals surface area contributed by atoms with Gasteiger partial charge in [0.25, 0.3) is 5.91 Å². The number of aromatic nitrogens is 2. The molecule has 4 N–H and O–H groups in total. The Labute approximate surface area is 397 Å². The first-order chi connectivity index (χ1) is 32.4. The van der Waals surface area contributed by atoms with Gasteiger partial charge in [-0.2, -0.15) is 4.98 Å². The number of hydrogen-bond donors (Lipinski definition) is 4. The van der Waals surface area contributed by atoms with E-state index in [0.717, 1.165) is 93.0 Å². The molecule has 3 saturated heterocycles. The Morgan fingerprint density at radius 1 is 0.851 bits per heavy atom. The fraction of sp³-hybridized carbons (Fsp3) is 0.479. The molecule has 3 aromatic carbocycles. The maximum atomic E-state index is 13.1. The number of rotatable bonds is 20. The van der Waals surface area contributed by atoms with Gasteiger partial charge >= 0.3 is 0 Å². The summed E-state index contributed by atoms with van der Waals surface area (Å²) in [7, 11) is -0.885. The van der Waals surface area contributed by atoms with Gasteiger partial charge in [-0.3, -0.25) is 24.6 Å². The molecular weight excluding hydrogens is 895 g/mol. The van der Waals surface area contributed by atoms with Gasteiger partial charge in [0.1, 0.15) is 24.0 Å². The second-order valence-corrected chi connectivity index (χ2v) is 21.3. The van der Waals surface area contributed by atoms with Gasteiger partial charge in [-0.15, -0.1) is 0 Å². The van der Waals surface area contributed by atoms with Crippen molar-refractivity contribution in [1.82, 2.24) is 30.0 Å². The molecule has 8 rings (SSSR count). The van der Waals surface area contributed by atoms with Crippen molar-refractivity contribution >= 4 is 76.3 Å². The SMILES string of the molecule is COc1cc(N2CCC(N3CCN(CCCOCCOCCNc4cccc5c4CN(C4CCC(=O)NC4=O)C5=O)CC3)CC2)ccc1Nc1ncc(Cl)c(Nc2ccccc2P(C)(C)=O)n1. The van der Waals surface area contributed by atoms with E-state index in [-0.39, 0.29) is 18.2 Å². The van der Waals surface area contributed by atoms with E-state index in [1.807, 2.05) is 42.5 Å². The second kappa shape index (κ2) is 22.2. The average Bonchev–Trinajstić information content (AvgIpc) is 3.66. The van der Waals surface area contributed by atoms with E-state index in [4.69, 9.17) is 25.8 Å². The zero-order valence-corrected chi connectivity index (χ0v) is 40.3. The minimum Gasteiger partial charge on any atom is -0.494 e. The standard InChI is InChI=1S/C48H62ClN10O7P/c1-64-42-30-34(12-13-39(42)53-48-51-31-37(49)45(55-48)52-40-9-4-5-11-43(40)67(2,3)63)57-20-16-33(17-21-57)58-24-22-56(23-25-58)19-7-26-65-28-29-66-27-18-50-38-10-6-8-35-36(38)32-59(47(35)62)41-14-15-44(60)54-46(41)61/h4-6,8-13,30-31,33,41,50H,7,14-29,32H2,1-3H3,(H,54,60,61)(H2,51,52,53,55). The lowest BCUT2D eigenvalue weighted by Crippen LogP contribution is -2.53. The summed E-state index contributed by atoms with van der Waals surface area (Å²) in [5, 5.41) is 13.3. The topological polar surface area (TPSA) is 183 Å². The molecule has 1 unspecified atom stereocenters. The van der Waals surface area contributed by atoms with Gasteiger partial charge in [0.05, 0.1) is 44.5 Å². The Bertz CT molecular complexity index is 2440. The van der Waals surface area contributed by atoms with Crippen molar-refractivity contribution in [2.45, 2.75) is 50.7 Å². The minimum absolute atomic E-state index is 0.183. The van der Waals surface area contributed by atoms with Crippen LogP contribution in [0.15, 0.2) is 66.9 Å². The molecule has 0 bridgehead atoms. The largest absolute Gasteiger partial charge is 0.494 e. The monoisotopic (exact) mass is 956 g/mol. The number of nitrogens with one attached hydrogen (secondary N) is 4. The lowest BCUT2D eigenvalue weighted by molar-refractivity contribution is -0.136. The fourth-order valence-electron chi connectivity index (χ4n) is 9.35. The van der Waals surface area contributed by atoms with Gasteiger partial charge in [-0.25, -0.2) is 4.98 Å². The molecule has 67 heavy (non-hydrogen) atoms. The summed E-state index contributed by atoms with van der Waals surface area (Å²) in [6, 6.07) is 19.1.